The van der Waals surface area contributed by atoms with E-state index in [-0.39, 0.29) is 5.75 Å². The molecule has 0 saturated heterocycles. The van der Waals surface area contributed by atoms with E-state index in [4.69, 9.17) is 4.98 Å². The summed E-state index contributed by atoms with van der Waals surface area (Å²) in [5, 5.41) is 13.1. The molecule has 1 unspecified atom stereocenters. The third kappa shape index (κ3) is 3.05. The van der Waals surface area contributed by atoms with Crippen LogP contribution in [0.3, 0.4) is 0 Å². The molecular formula is C17H21N3O. The number of phenolic OH excluding ortho intramolecular Hbond substituents is 1. The Kier molecular flexibility index (Phi) is 4.15. The molecule has 1 heterocycles. The summed E-state index contributed by atoms with van der Waals surface area (Å²) in [5.41, 5.74) is 3.24. The molecule has 3 rings (SSSR count). The van der Waals surface area contributed by atoms with Gasteiger partial charge in [0.2, 0.25) is 0 Å². The van der Waals surface area contributed by atoms with E-state index in [0.717, 1.165) is 30.6 Å². The molecule has 4 nitrogen and oxygen atoms in total. The van der Waals surface area contributed by atoms with E-state index >= 15 is 0 Å². The Balaban J connectivity index is 1.98. The lowest BCUT2D eigenvalue weighted by Gasteiger charge is -2.18. The molecule has 0 saturated carbocycles. The zero-order valence-electron chi connectivity index (χ0n) is 12.3. The van der Waals surface area contributed by atoms with Gasteiger partial charge in [0.25, 0.3) is 0 Å². The predicted molar refractivity (Wildman–Crippen MR) is 83.1 cm³/mol. The van der Waals surface area contributed by atoms with Gasteiger partial charge in [-0.3, -0.25) is 0 Å². The van der Waals surface area contributed by atoms with Crippen LogP contribution >= 0.6 is 0 Å². The quantitative estimate of drug-likeness (QED) is 0.849. The zero-order chi connectivity index (χ0) is 14.7. The topological polar surface area (TPSA) is 58.0 Å². The van der Waals surface area contributed by atoms with E-state index in [1.807, 2.05) is 18.3 Å². The Hall–Kier alpha value is -1.94. The molecule has 1 aromatic heterocycles. The first-order valence-corrected chi connectivity index (χ1v) is 7.66. The minimum Gasteiger partial charge on any atom is -0.508 e. The SMILES string of the molecule is CCNC1CCCCc2nc(-c3cccc(O)c3)ncc21. The van der Waals surface area contributed by atoms with Crippen LogP contribution in [0.1, 0.15) is 43.5 Å². The average Bonchev–Trinajstić information content (AvgIpc) is 2.70. The first kappa shape index (κ1) is 14.0. The van der Waals surface area contributed by atoms with Gasteiger partial charge in [0.15, 0.2) is 5.82 Å². The third-order valence-electron chi connectivity index (χ3n) is 3.99. The Morgan fingerprint density at radius 2 is 2.24 bits per heavy atom. The third-order valence-corrected chi connectivity index (χ3v) is 3.99. The Morgan fingerprint density at radius 3 is 3.05 bits per heavy atom. The number of phenols is 1. The molecule has 0 amide bonds. The van der Waals surface area contributed by atoms with E-state index in [1.54, 1.807) is 12.1 Å². The van der Waals surface area contributed by atoms with Crippen LogP contribution in [-0.4, -0.2) is 21.6 Å². The van der Waals surface area contributed by atoms with Crippen LogP contribution in [-0.2, 0) is 6.42 Å². The van der Waals surface area contributed by atoms with Gasteiger partial charge in [0, 0.05) is 29.1 Å². The summed E-state index contributed by atoms with van der Waals surface area (Å²) in [6.07, 6.45) is 6.50. The van der Waals surface area contributed by atoms with Gasteiger partial charge in [0.05, 0.1) is 0 Å². The van der Waals surface area contributed by atoms with Crippen molar-refractivity contribution >= 4 is 0 Å². The summed E-state index contributed by atoms with van der Waals surface area (Å²) in [5.74, 6) is 0.943. The monoisotopic (exact) mass is 283 g/mol. The van der Waals surface area contributed by atoms with Crippen LogP contribution in [0.4, 0.5) is 0 Å². The molecule has 1 aliphatic rings. The number of rotatable bonds is 3. The maximum Gasteiger partial charge on any atom is 0.159 e. The van der Waals surface area contributed by atoms with Crippen LogP contribution in [0, 0.1) is 0 Å². The average molecular weight is 283 g/mol. The number of aromatic hydroxyl groups is 1. The van der Waals surface area contributed by atoms with Gasteiger partial charge < -0.3 is 10.4 Å². The largest absolute Gasteiger partial charge is 0.508 e. The molecular weight excluding hydrogens is 262 g/mol. The molecule has 4 heteroatoms. The molecule has 110 valence electrons. The Labute approximate surface area is 125 Å². The van der Waals surface area contributed by atoms with Crippen molar-refractivity contribution in [3.05, 3.63) is 41.7 Å². The highest BCUT2D eigenvalue weighted by Gasteiger charge is 2.20. The molecule has 1 aromatic carbocycles. The maximum absolute atomic E-state index is 9.60. The van der Waals surface area contributed by atoms with Crippen molar-refractivity contribution in [3.8, 4) is 17.1 Å². The molecule has 2 aromatic rings. The first-order valence-electron chi connectivity index (χ1n) is 7.66. The molecule has 0 fully saturated rings. The second-order valence-corrected chi connectivity index (χ2v) is 5.50. The normalized spacial score (nSPS) is 18.0. The van der Waals surface area contributed by atoms with E-state index in [2.05, 4.69) is 17.2 Å². The van der Waals surface area contributed by atoms with E-state index in [9.17, 15) is 5.11 Å². The lowest BCUT2D eigenvalue weighted by atomic mass is 10.0. The standard InChI is InChI=1S/C17H21N3O/c1-2-18-15-8-3-4-9-16-14(15)11-19-17(20-16)12-6-5-7-13(21)10-12/h5-7,10-11,15,18,21H,2-4,8-9H2,1H3. The van der Waals surface area contributed by atoms with Crippen molar-refractivity contribution in [2.24, 2.45) is 0 Å². The van der Waals surface area contributed by atoms with Gasteiger partial charge in [-0.25, -0.2) is 9.97 Å². The van der Waals surface area contributed by atoms with Crippen molar-refractivity contribution in [2.75, 3.05) is 6.54 Å². The maximum atomic E-state index is 9.60. The number of aryl methyl sites for hydroxylation is 1. The highest BCUT2D eigenvalue weighted by atomic mass is 16.3. The Bertz CT molecular complexity index is 627. The van der Waals surface area contributed by atoms with E-state index in [1.165, 1.54) is 18.4 Å². The van der Waals surface area contributed by atoms with Gasteiger partial charge >= 0.3 is 0 Å². The van der Waals surface area contributed by atoms with Crippen LogP contribution < -0.4 is 5.32 Å². The molecule has 21 heavy (non-hydrogen) atoms. The van der Waals surface area contributed by atoms with Crippen molar-refractivity contribution < 1.29 is 5.11 Å². The molecule has 2 N–H and O–H groups in total. The predicted octanol–water partition coefficient (Wildman–Crippen LogP) is 3.23. The number of aromatic nitrogens is 2. The number of fused-ring (bicyclic) bond motifs is 1. The first-order chi connectivity index (χ1) is 10.3. The summed E-state index contributed by atoms with van der Waals surface area (Å²) < 4.78 is 0. The Morgan fingerprint density at radius 1 is 1.33 bits per heavy atom. The number of hydrogen-bond acceptors (Lipinski definition) is 4. The molecule has 0 spiro atoms. The van der Waals surface area contributed by atoms with Gasteiger partial charge in [-0.2, -0.15) is 0 Å². The van der Waals surface area contributed by atoms with Crippen LogP contribution in [0.25, 0.3) is 11.4 Å². The van der Waals surface area contributed by atoms with Crippen molar-refractivity contribution in [1.29, 1.82) is 0 Å². The molecule has 0 bridgehead atoms. The summed E-state index contributed by atoms with van der Waals surface area (Å²) in [4.78, 5) is 9.27. The van der Waals surface area contributed by atoms with E-state index < -0.39 is 0 Å². The minimum atomic E-state index is 0.247. The summed E-state index contributed by atoms with van der Waals surface area (Å²) in [7, 11) is 0. The highest BCUT2D eigenvalue weighted by molar-refractivity contribution is 5.57. The second kappa shape index (κ2) is 6.22. The fourth-order valence-electron chi connectivity index (χ4n) is 2.96. The van der Waals surface area contributed by atoms with Gasteiger partial charge in [0.1, 0.15) is 5.75 Å². The molecule has 0 aliphatic heterocycles. The van der Waals surface area contributed by atoms with E-state index in [0.29, 0.717) is 11.9 Å². The van der Waals surface area contributed by atoms with Crippen LogP contribution in [0.15, 0.2) is 30.5 Å². The fourth-order valence-corrected chi connectivity index (χ4v) is 2.96. The van der Waals surface area contributed by atoms with Crippen molar-refractivity contribution in [2.45, 2.75) is 38.6 Å². The lowest BCUT2D eigenvalue weighted by Crippen LogP contribution is -2.21. The van der Waals surface area contributed by atoms with Gasteiger partial charge in [-0.15, -0.1) is 0 Å². The van der Waals surface area contributed by atoms with Gasteiger partial charge in [-0.1, -0.05) is 25.5 Å². The minimum absolute atomic E-state index is 0.247. The fraction of sp³-hybridized carbons (Fsp3) is 0.412. The number of benzene rings is 1. The van der Waals surface area contributed by atoms with Crippen LogP contribution in [0.5, 0.6) is 5.75 Å². The summed E-state index contributed by atoms with van der Waals surface area (Å²) >= 11 is 0. The molecule has 1 atom stereocenters. The van der Waals surface area contributed by atoms with Crippen molar-refractivity contribution in [1.82, 2.24) is 15.3 Å². The second-order valence-electron chi connectivity index (χ2n) is 5.50. The smallest absolute Gasteiger partial charge is 0.159 e. The summed E-state index contributed by atoms with van der Waals surface area (Å²) in [6.45, 7) is 3.09. The number of hydrogen-bond donors (Lipinski definition) is 2. The van der Waals surface area contributed by atoms with Gasteiger partial charge in [-0.05, 0) is 37.9 Å². The molecule has 0 radical (unpaired) electrons. The molecule has 1 aliphatic carbocycles. The number of nitrogens with zero attached hydrogens (tertiary/aromatic N) is 2. The van der Waals surface area contributed by atoms with Crippen LogP contribution in [0.2, 0.25) is 0 Å². The zero-order valence-corrected chi connectivity index (χ0v) is 12.3. The van der Waals surface area contributed by atoms with Crippen molar-refractivity contribution in [3.63, 3.8) is 0 Å². The summed E-state index contributed by atoms with van der Waals surface area (Å²) in [6, 6.07) is 7.49. The lowest BCUT2D eigenvalue weighted by molar-refractivity contribution is 0.475. The number of nitrogens with one attached hydrogen (secondary N) is 1. The highest BCUT2D eigenvalue weighted by Crippen LogP contribution is 2.29.